The van der Waals surface area contributed by atoms with Crippen LogP contribution in [0.5, 0.6) is 0 Å². The second kappa shape index (κ2) is 4.10. The number of carbonyl (C=O) groups excluding carboxylic acids is 1. The summed E-state index contributed by atoms with van der Waals surface area (Å²) in [5.41, 5.74) is 0. The number of hydrogen-bond donors (Lipinski definition) is 0. The van der Waals surface area contributed by atoms with E-state index in [-0.39, 0.29) is 11.2 Å². The molecule has 2 unspecified atom stereocenters. The van der Waals surface area contributed by atoms with Crippen molar-refractivity contribution in [3.8, 4) is 0 Å². The smallest absolute Gasteiger partial charge is 0.224 e. The van der Waals surface area contributed by atoms with Crippen molar-refractivity contribution in [2.24, 2.45) is 11.8 Å². The van der Waals surface area contributed by atoms with Crippen LogP contribution in [0.25, 0.3) is 0 Å². The first-order valence-corrected chi connectivity index (χ1v) is 4.81. The quantitative estimate of drug-likeness (QED) is 0.602. The molecule has 0 aromatic rings. The van der Waals surface area contributed by atoms with Crippen LogP contribution in [-0.2, 0) is 4.79 Å². The Hall–Kier alpha value is -0.0400. The van der Waals surface area contributed by atoms with E-state index in [1.807, 2.05) is 0 Å². The number of rotatable bonds is 3. The van der Waals surface area contributed by atoms with Crippen molar-refractivity contribution in [2.45, 2.75) is 39.0 Å². The third-order valence-electron chi connectivity index (χ3n) is 2.56. The van der Waals surface area contributed by atoms with Crippen LogP contribution in [-0.4, -0.2) is 5.24 Å². The molecule has 1 fully saturated rings. The largest absolute Gasteiger partial charge is 0.281 e. The van der Waals surface area contributed by atoms with Crippen LogP contribution in [0.3, 0.4) is 0 Å². The summed E-state index contributed by atoms with van der Waals surface area (Å²) in [5, 5.41) is -0.122. The van der Waals surface area contributed by atoms with Crippen molar-refractivity contribution in [1.82, 2.24) is 0 Å². The molecule has 0 aliphatic heterocycles. The Bertz CT molecular complexity index is 144. The van der Waals surface area contributed by atoms with E-state index in [0.717, 1.165) is 18.8 Å². The molecule has 1 nitrogen and oxygen atoms in total. The average Bonchev–Trinajstić information content (AvgIpc) is 2.37. The lowest BCUT2D eigenvalue weighted by atomic mass is 10.0. The Morgan fingerprint density at radius 2 is 2.27 bits per heavy atom. The predicted molar refractivity (Wildman–Crippen MR) is 46.6 cm³/mol. The van der Waals surface area contributed by atoms with Gasteiger partial charge in [-0.1, -0.05) is 19.8 Å². The Morgan fingerprint density at radius 3 is 2.73 bits per heavy atom. The summed E-state index contributed by atoms with van der Waals surface area (Å²) in [4.78, 5) is 10.8. The molecule has 0 N–H and O–H groups in total. The van der Waals surface area contributed by atoms with E-state index >= 15 is 0 Å². The summed E-state index contributed by atoms with van der Waals surface area (Å²) < 4.78 is 0. The van der Waals surface area contributed by atoms with Gasteiger partial charge in [0, 0.05) is 5.92 Å². The lowest BCUT2D eigenvalue weighted by Gasteiger charge is -2.05. The SMILES string of the molecule is CCCC1CCC(C(=O)Cl)C1. The lowest BCUT2D eigenvalue weighted by molar-refractivity contribution is -0.115. The molecule has 0 radical (unpaired) electrons. The van der Waals surface area contributed by atoms with Crippen molar-refractivity contribution in [2.75, 3.05) is 0 Å². The van der Waals surface area contributed by atoms with Gasteiger partial charge in [-0.25, -0.2) is 0 Å². The summed E-state index contributed by atoms with van der Waals surface area (Å²) in [6.07, 6.45) is 5.76. The highest BCUT2D eigenvalue weighted by molar-refractivity contribution is 6.64. The van der Waals surface area contributed by atoms with Crippen LogP contribution in [0.1, 0.15) is 39.0 Å². The molecule has 0 aromatic carbocycles. The van der Waals surface area contributed by atoms with Crippen LogP contribution in [0.2, 0.25) is 0 Å². The monoisotopic (exact) mass is 174 g/mol. The van der Waals surface area contributed by atoms with Gasteiger partial charge >= 0.3 is 0 Å². The van der Waals surface area contributed by atoms with E-state index in [1.165, 1.54) is 19.3 Å². The van der Waals surface area contributed by atoms with Crippen LogP contribution in [0.15, 0.2) is 0 Å². The first-order valence-electron chi connectivity index (χ1n) is 4.43. The van der Waals surface area contributed by atoms with Gasteiger partial charge in [-0.05, 0) is 36.8 Å². The molecule has 0 heterocycles. The number of carbonyl (C=O) groups is 1. The van der Waals surface area contributed by atoms with Gasteiger partial charge in [-0.3, -0.25) is 4.79 Å². The fraction of sp³-hybridized carbons (Fsp3) is 0.889. The van der Waals surface area contributed by atoms with Crippen LogP contribution >= 0.6 is 11.6 Å². The number of hydrogen-bond acceptors (Lipinski definition) is 1. The van der Waals surface area contributed by atoms with Crippen LogP contribution in [0.4, 0.5) is 0 Å². The molecule has 1 rings (SSSR count). The molecule has 0 aromatic heterocycles. The number of halogens is 1. The Balaban J connectivity index is 2.29. The van der Waals surface area contributed by atoms with E-state index in [2.05, 4.69) is 6.92 Å². The van der Waals surface area contributed by atoms with Crippen molar-refractivity contribution in [1.29, 1.82) is 0 Å². The van der Waals surface area contributed by atoms with Crippen LogP contribution < -0.4 is 0 Å². The standard InChI is InChI=1S/C9H15ClO/c1-2-3-7-4-5-8(6-7)9(10)11/h7-8H,2-6H2,1H3. The Labute approximate surface area is 73.1 Å². The Kier molecular flexibility index (Phi) is 3.38. The first-order chi connectivity index (χ1) is 5.24. The van der Waals surface area contributed by atoms with Gasteiger partial charge in [-0.15, -0.1) is 0 Å². The second-order valence-corrected chi connectivity index (χ2v) is 3.84. The van der Waals surface area contributed by atoms with Gasteiger partial charge in [0.15, 0.2) is 0 Å². The van der Waals surface area contributed by atoms with Crippen molar-refractivity contribution >= 4 is 16.8 Å². The minimum absolute atomic E-state index is 0.122. The normalized spacial score (nSPS) is 30.7. The fourth-order valence-corrected chi connectivity index (χ4v) is 2.15. The highest BCUT2D eigenvalue weighted by Gasteiger charge is 2.27. The van der Waals surface area contributed by atoms with E-state index in [9.17, 15) is 4.79 Å². The highest BCUT2D eigenvalue weighted by atomic mass is 35.5. The van der Waals surface area contributed by atoms with E-state index < -0.39 is 0 Å². The molecule has 64 valence electrons. The summed E-state index contributed by atoms with van der Waals surface area (Å²) >= 11 is 5.41. The topological polar surface area (TPSA) is 17.1 Å². The molecule has 0 spiro atoms. The highest BCUT2D eigenvalue weighted by Crippen LogP contribution is 2.34. The molecular formula is C9H15ClO. The van der Waals surface area contributed by atoms with Crippen molar-refractivity contribution in [3.05, 3.63) is 0 Å². The summed E-state index contributed by atoms with van der Waals surface area (Å²) in [5.74, 6) is 0.945. The zero-order valence-electron chi connectivity index (χ0n) is 6.98. The Morgan fingerprint density at radius 1 is 1.55 bits per heavy atom. The maximum atomic E-state index is 10.8. The van der Waals surface area contributed by atoms with Gasteiger partial charge in [0.25, 0.3) is 0 Å². The van der Waals surface area contributed by atoms with Gasteiger partial charge in [0.2, 0.25) is 5.24 Å². The lowest BCUT2D eigenvalue weighted by Crippen LogP contribution is -2.03. The molecule has 0 amide bonds. The molecule has 2 heteroatoms. The molecular weight excluding hydrogens is 160 g/mol. The molecule has 0 saturated heterocycles. The van der Waals surface area contributed by atoms with Gasteiger partial charge in [0.1, 0.15) is 0 Å². The third-order valence-corrected chi connectivity index (χ3v) is 2.87. The van der Waals surface area contributed by atoms with E-state index in [0.29, 0.717) is 0 Å². The zero-order valence-corrected chi connectivity index (χ0v) is 7.73. The maximum absolute atomic E-state index is 10.8. The summed E-state index contributed by atoms with van der Waals surface area (Å²) in [6, 6.07) is 0. The fourth-order valence-electron chi connectivity index (χ4n) is 1.95. The molecule has 11 heavy (non-hydrogen) atoms. The molecule has 2 atom stereocenters. The summed E-state index contributed by atoms with van der Waals surface area (Å²) in [6.45, 7) is 2.19. The van der Waals surface area contributed by atoms with Crippen molar-refractivity contribution < 1.29 is 4.79 Å². The van der Waals surface area contributed by atoms with Gasteiger partial charge < -0.3 is 0 Å². The third kappa shape index (κ3) is 2.48. The van der Waals surface area contributed by atoms with Crippen LogP contribution in [0, 0.1) is 11.8 Å². The minimum atomic E-state index is -0.122. The van der Waals surface area contributed by atoms with Gasteiger partial charge in [0.05, 0.1) is 0 Å². The first kappa shape index (κ1) is 9.05. The minimum Gasteiger partial charge on any atom is -0.281 e. The summed E-state index contributed by atoms with van der Waals surface area (Å²) in [7, 11) is 0. The van der Waals surface area contributed by atoms with Gasteiger partial charge in [-0.2, -0.15) is 0 Å². The average molecular weight is 175 g/mol. The van der Waals surface area contributed by atoms with Crippen molar-refractivity contribution in [3.63, 3.8) is 0 Å². The zero-order chi connectivity index (χ0) is 8.27. The second-order valence-electron chi connectivity index (χ2n) is 3.47. The van der Waals surface area contributed by atoms with E-state index in [1.54, 1.807) is 0 Å². The molecule has 0 bridgehead atoms. The molecule has 1 saturated carbocycles. The van der Waals surface area contributed by atoms with E-state index in [4.69, 9.17) is 11.6 Å². The predicted octanol–water partition coefficient (Wildman–Crippen LogP) is 2.97. The molecule has 1 aliphatic carbocycles. The maximum Gasteiger partial charge on any atom is 0.224 e. The molecule has 1 aliphatic rings.